The summed E-state index contributed by atoms with van der Waals surface area (Å²) < 4.78 is 6.25. The predicted molar refractivity (Wildman–Crippen MR) is 96.9 cm³/mol. The van der Waals surface area contributed by atoms with Crippen molar-refractivity contribution >= 4 is 14.0 Å². The summed E-state index contributed by atoms with van der Waals surface area (Å²) in [5, 5.41) is 5.09. The minimum absolute atomic E-state index is 0.345. The molecule has 0 saturated heterocycles. The van der Waals surface area contributed by atoms with Crippen LogP contribution in [0.3, 0.4) is 0 Å². The first-order chi connectivity index (χ1) is 11.9. The lowest BCUT2D eigenvalue weighted by Gasteiger charge is -2.44. The van der Waals surface area contributed by atoms with Gasteiger partial charge in [0.25, 0.3) is 0 Å². The number of carbonyl (C=O) groups excluding carboxylic acids is 1. The third-order valence-electron chi connectivity index (χ3n) is 6.67. The molecule has 24 heavy (non-hydrogen) atoms. The second kappa shape index (κ2) is 9.50. The van der Waals surface area contributed by atoms with Crippen LogP contribution in [0.5, 0.6) is 0 Å². The van der Waals surface area contributed by atoms with Gasteiger partial charge in [-0.1, -0.05) is 19.3 Å². The molecule has 0 aromatic rings. The lowest BCUT2D eigenvalue weighted by molar-refractivity contribution is -0.432. The van der Waals surface area contributed by atoms with Crippen molar-refractivity contribution in [1.29, 1.82) is 0 Å². The van der Waals surface area contributed by atoms with Crippen molar-refractivity contribution in [2.45, 2.75) is 113 Å². The molecule has 0 N–H and O–H groups in total. The smallest absolute Gasteiger partial charge is 0.269 e. The molecular formula is C19H34O4P+. The first-order valence-electron chi connectivity index (χ1n) is 10.2. The van der Waals surface area contributed by atoms with Crippen LogP contribution in [0, 0.1) is 0 Å². The molecule has 3 fully saturated rings. The van der Waals surface area contributed by atoms with E-state index < -0.39 is 7.49 Å². The second-order valence-electron chi connectivity index (χ2n) is 7.97. The van der Waals surface area contributed by atoms with Crippen LogP contribution < -0.4 is 0 Å². The van der Waals surface area contributed by atoms with E-state index in [-0.39, 0.29) is 0 Å². The largest absolute Gasteiger partial charge is 0.334 e. The maximum absolute atomic E-state index is 10.6. The van der Waals surface area contributed by atoms with E-state index in [1.165, 1.54) is 96.3 Å². The van der Waals surface area contributed by atoms with Crippen molar-refractivity contribution in [2.75, 3.05) is 0 Å². The molecule has 0 heterocycles. The van der Waals surface area contributed by atoms with Gasteiger partial charge in [0.05, 0.1) is 0 Å². The normalized spacial score (nSPS) is 25.5. The van der Waals surface area contributed by atoms with Crippen molar-refractivity contribution in [1.82, 2.24) is 0 Å². The Balaban J connectivity index is 1.87. The van der Waals surface area contributed by atoms with Crippen LogP contribution in [0.25, 0.3) is 0 Å². The van der Waals surface area contributed by atoms with Gasteiger partial charge in [0.2, 0.25) is 7.49 Å². The molecule has 3 aliphatic carbocycles. The number of carbonyl (C=O) groups is 1. The van der Waals surface area contributed by atoms with E-state index in [2.05, 4.69) is 4.89 Å². The minimum Gasteiger partial charge on any atom is -0.269 e. The summed E-state index contributed by atoms with van der Waals surface area (Å²) in [5.41, 5.74) is 1.98. The van der Waals surface area contributed by atoms with E-state index in [0.29, 0.717) is 23.4 Å². The van der Waals surface area contributed by atoms with Crippen molar-refractivity contribution in [3.05, 3.63) is 0 Å². The molecule has 4 nitrogen and oxygen atoms in total. The molecule has 0 atom stereocenters. The fraction of sp³-hybridized carbons (Fsp3) is 0.947. The topological polar surface area (TPSA) is 44.8 Å². The molecule has 0 aliphatic heterocycles. The Kier molecular flexibility index (Phi) is 7.36. The van der Waals surface area contributed by atoms with Crippen molar-refractivity contribution < 1.29 is 19.4 Å². The van der Waals surface area contributed by atoms with Crippen LogP contribution >= 0.6 is 7.49 Å². The van der Waals surface area contributed by atoms with Gasteiger partial charge in [-0.2, -0.15) is 0 Å². The SMILES string of the molecule is O=COOO[P+](C1CCCCC1)(C1CCCCC1)C1CCCCC1. The highest BCUT2D eigenvalue weighted by Crippen LogP contribution is 2.78. The van der Waals surface area contributed by atoms with Gasteiger partial charge in [-0.25, -0.2) is 0 Å². The average molecular weight is 357 g/mol. The molecule has 0 amide bonds. The molecule has 3 saturated carbocycles. The fourth-order valence-corrected chi connectivity index (χ4v) is 11.4. The average Bonchev–Trinajstić information content (AvgIpc) is 2.68. The fourth-order valence-electron chi connectivity index (χ4n) is 5.62. The molecule has 0 aromatic carbocycles. The maximum atomic E-state index is 10.6. The third kappa shape index (κ3) is 4.14. The van der Waals surface area contributed by atoms with Gasteiger partial charge in [0.15, 0.2) is 0 Å². The Morgan fingerprint density at radius 2 is 1.00 bits per heavy atom. The lowest BCUT2D eigenvalue weighted by Crippen LogP contribution is -2.37. The highest BCUT2D eigenvalue weighted by molar-refractivity contribution is 7.73. The highest BCUT2D eigenvalue weighted by Gasteiger charge is 2.61. The van der Waals surface area contributed by atoms with Crippen LogP contribution in [0.15, 0.2) is 0 Å². The van der Waals surface area contributed by atoms with Crippen molar-refractivity contribution in [3.8, 4) is 0 Å². The minimum atomic E-state index is -1.76. The van der Waals surface area contributed by atoms with E-state index in [4.69, 9.17) is 9.71 Å². The molecule has 3 rings (SSSR count). The molecule has 3 aliphatic rings. The summed E-state index contributed by atoms with van der Waals surface area (Å²) in [5.74, 6) is 0. The summed E-state index contributed by atoms with van der Waals surface area (Å²) in [7, 11) is -1.76. The zero-order valence-corrected chi connectivity index (χ0v) is 15.9. The van der Waals surface area contributed by atoms with E-state index in [1.54, 1.807) is 0 Å². The first kappa shape index (κ1) is 18.6. The van der Waals surface area contributed by atoms with Gasteiger partial charge in [-0.3, -0.25) is 9.68 Å². The molecular weight excluding hydrogens is 323 g/mol. The van der Waals surface area contributed by atoms with Crippen molar-refractivity contribution in [2.24, 2.45) is 0 Å². The molecule has 0 bridgehead atoms. The Labute approximate surface area is 147 Å². The van der Waals surface area contributed by atoms with Gasteiger partial charge in [-0.05, 0) is 81.7 Å². The summed E-state index contributed by atoms with van der Waals surface area (Å²) >= 11 is 0. The monoisotopic (exact) mass is 357 g/mol. The zero-order chi connectivity index (χ0) is 16.7. The van der Waals surface area contributed by atoms with E-state index in [0.717, 1.165) is 0 Å². The van der Waals surface area contributed by atoms with Gasteiger partial charge in [0.1, 0.15) is 17.0 Å². The standard InChI is InChI=1S/C19H34O4P/c20-16-21-22-23-24(17-10-4-1-5-11-17,18-12-6-2-7-13-18)19-14-8-3-9-15-19/h16-19H,1-15H2/q+1. The Bertz CT molecular complexity index is 326. The quantitative estimate of drug-likeness (QED) is 0.186. The van der Waals surface area contributed by atoms with Gasteiger partial charge in [-0.15, -0.1) is 0 Å². The number of rotatable bonds is 7. The van der Waals surface area contributed by atoms with Crippen LogP contribution in [0.4, 0.5) is 0 Å². The molecule has 0 spiro atoms. The maximum Gasteiger partial charge on any atom is 0.334 e. The van der Waals surface area contributed by atoms with Gasteiger partial charge < -0.3 is 0 Å². The zero-order valence-electron chi connectivity index (χ0n) is 15.0. The van der Waals surface area contributed by atoms with E-state index in [1.807, 2.05) is 0 Å². The molecule has 5 heteroatoms. The van der Waals surface area contributed by atoms with Crippen LogP contribution in [0.2, 0.25) is 0 Å². The summed E-state index contributed by atoms with van der Waals surface area (Å²) in [6.07, 6.45) is 19.7. The van der Waals surface area contributed by atoms with Crippen molar-refractivity contribution in [3.63, 3.8) is 0 Å². The Hall–Kier alpha value is -0.180. The first-order valence-corrected chi connectivity index (χ1v) is 12.1. The van der Waals surface area contributed by atoms with Crippen LogP contribution in [-0.2, 0) is 19.4 Å². The summed E-state index contributed by atoms with van der Waals surface area (Å²) in [6, 6.07) is 0. The lowest BCUT2D eigenvalue weighted by atomic mass is 9.99. The molecule has 0 radical (unpaired) electrons. The second-order valence-corrected chi connectivity index (χ2v) is 11.8. The Morgan fingerprint density at radius 1 is 0.625 bits per heavy atom. The summed E-state index contributed by atoms with van der Waals surface area (Å²) in [4.78, 5) is 15.2. The van der Waals surface area contributed by atoms with Gasteiger partial charge >= 0.3 is 6.47 Å². The molecule has 0 aromatic heterocycles. The molecule has 0 unspecified atom stereocenters. The summed E-state index contributed by atoms with van der Waals surface area (Å²) in [6.45, 7) is 0.345. The van der Waals surface area contributed by atoms with Gasteiger partial charge in [0, 0.05) is 5.04 Å². The number of hydrogen-bond acceptors (Lipinski definition) is 4. The predicted octanol–water partition coefficient (Wildman–Crippen LogP) is 5.95. The van der Waals surface area contributed by atoms with Crippen LogP contribution in [-0.4, -0.2) is 23.4 Å². The van der Waals surface area contributed by atoms with E-state index in [9.17, 15) is 4.79 Å². The number of hydrogen-bond donors (Lipinski definition) is 0. The highest BCUT2D eigenvalue weighted by atomic mass is 31.2. The Morgan fingerprint density at radius 3 is 1.33 bits per heavy atom. The third-order valence-corrected chi connectivity index (χ3v) is 12.0. The van der Waals surface area contributed by atoms with E-state index >= 15 is 0 Å². The van der Waals surface area contributed by atoms with Crippen LogP contribution in [0.1, 0.15) is 96.3 Å². The molecule has 138 valence electrons.